The summed E-state index contributed by atoms with van der Waals surface area (Å²) in [4.78, 5) is 10.3. The van der Waals surface area contributed by atoms with E-state index in [1.165, 1.54) is 0 Å². The predicted octanol–water partition coefficient (Wildman–Crippen LogP) is -0.948. The molecule has 0 aliphatic heterocycles. The second-order valence-corrected chi connectivity index (χ2v) is 2.90. The maximum atomic E-state index is 10.3. The van der Waals surface area contributed by atoms with Gasteiger partial charge in [-0.05, 0) is 0 Å². The SMILES string of the molecule is COCCOCCOC[C@H](C)C(=O)[O-]. The first-order valence-electron chi connectivity index (χ1n) is 4.53. The first-order valence-corrected chi connectivity index (χ1v) is 4.53. The van der Waals surface area contributed by atoms with Crippen LogP contribution in [0.4, 0.5) is 0 Å². The molecule has 0 unspecified atom stereocenters. The average Bonchev–Trinajstić information content (AvgIpc) is 2.16. The Morgan fingerprint density at radius 2 is 1.79 bits per heavy atom. The average molecular weight is 205 g/mol. The van der Waals surface area contributed by atoms with Crippen LogP contribution >= 0.6 is 0 Å². The van der Waals surface area contributed by atoms with Crippen molar-refractivity contribution < 1.29 is 24.1 Å². The monoisotopic (exact) mass is 205 g/mol. The molecule has 0 rings (SSSR count). The number of hydrogen-bond acceptors (Lipinski definition) is 5. The number of carboxylic acids is 1. The number of aliphatic carboxylic acids is 1. The minimum absolute atomic E-state index is 0.163. The number of methoxy groups -OCH3 is 1. The Morgan fingerprint density at radius 3 is 2.36 bits per heavy atom. The van der Waals surface area contributed by atoms with E-state index in [1.807, 2.05) is 0 Å². The van der Waals surface area contributed by atoms with E-state index >= 15 is 0 Å². The summed E-state index contributed by atoms with van der Waals surface area (Å²) in [5.74, 6) is -1.67. The Labute approximate surface area is 84.0 Å². The standard InChI is InChI=1S/C9H18O5/c1-8(9(10)11)7-14-6-5-13-4-3-12-2/h8H,3-7H2,1-2H3,(H,10,11)/p-1/t8-/m0/s1. The summed E-state index contributed by atoms with van der Waals surface area (Å²) in [6.07, 6.45) is 0. The molecule has 0 aliphatic rings. The molecule has 1 atom stereocenters. The van der Waals surface area contributed by atoms with Crippen LogP contribution in [0.1, 0.15) is 6.92 Å². The lowest BCUT2D eigenvalue weighted by Gasteiger charge is -2.12. The molecule has 0 saturated heterocycles. The fraction of sp³-hybridized carbons (Fsp3) is 0.889. The number of hydrogen-bond donors (Lipinski definition) is 0. The van der Waals surface area contributed by atoms with E-state index in [9.17, 15) is 9.90 Å². The Bertz CT molecular complexity index is 148. The predicted molar refractivity (Wildman–Crippen MR) is 47.7 cm³/mol. The molecular formula is C9H17O5-. The van der Waals surface area contributed by atoms with Crippen LogP contribution in [0.25, 0.3) is 0 Å². The van der Waals surface area contributed by atoms with E-state index < -0.39 is 11.9 Å². The topological polar surface area (TPSA) is 67.8 Å². The van der Waals surface area contributed by atoms with Crippen molar-refractivity contribution in [3.8, 4) is 0 Å². The van der Waals surface area contributed by atoms with Crippen LogP contribution in [0.5, 0.6) is 0 Å². The lowest BCUT2D eigenvalue weighted by atomic mass is 10.2. The highest BCUT2D eigenvalue weighted by molar-refractivity contribution is 5.67. The third-order valence-corrected chi connectivity index (χ3v) is 1.57. The number of ether oxygens (including phenoxy) is 3. The van der Waals surface area contributed by atoms with E-state index in [0.29, 0.717) is 26.4 Å². The van der Waals surface area contributed by atoms with Crippen molar-refractivity contribution in [2.75, 3.05) is 40.1 Å². The Balaban J connectivity index is 3.09. The van der Waals surface area contributed by atoms with Crippen LogP contribution in [0.15, 0.2) is 0 Å². The summed E-state index contributed by atoms with van der Waals surface area (Å²) >= 11 is 0. The van der Waals surface area contributed by atoms with Crippen LogP contribution in [0.2, 0.25) is 0 Å². The molecule has 14 heavy (non-hydrogen) atoms. The van der Waals surface area contributed by atoms with Gasteiger partial charge >= 0.3 is 0 Å². The lowest BCUT2D eigenvalue weighted by Crippen LogP contribution is -2.32. The van der Waals surface area contributed by atoms with Crippen molar-refractivity contribution >= 4 is 5.97 Å². The van der Waals surface area contributed by atoms with Crippen LogP contribution in [0, 0.1) is 5.92 Å². The van der Waals surface area contributed by atoms with Gasteiger partial charge in [-0.2, -0.15) is 0 Å². The Morgan fingerprint density at radius 1 is 1.21 bits per heavy atom. The molecule has 0 aromatic rings. The molecule has 5 heteroatoms. The van der Waals surface area contributed by atoms with Crippen LogP contribution in [-0.4, -0.2) is 46.1 Å². The minimum atomic E-state index is -1.09. The van der Waals surface area contributed by atoms with Crippen LogP contribution < -0.4 is 5.11 Å². The van der Waals surface area contributed by atoms with Crippen molar-refractivity contribution in [3.63, 3.8) is 0 Å². The summed E-state index contributed by atoms with van der Waals surface area (Å²) in [6, 6.07) is 0. The largest absolute Gasteiger partial charge is 0.550 e. The first kappa shape index (κ1) is 13.4. The summed E-state index contributed by atoms with van der Waals surface area (Å²) in [6.45, 7) is 3.62. The van der Waals surface area contributed by atoms with E-state index in [0.717, 1.165) is 0 Å². The summed E-state index contributed by atoms with van der Waals surface area (Å²) in [5, 5.41) is 10.3. The molecule has 0 aromatic carbocycles. The van der Waals surface area contributed by atoms with Crippen molar-refractivity contribution in [1.82, 2.24) is 0 Å². The van der Waals surface area contributed by atoms with Crippen molar-refractivity contribution in [3.05, 3.63) is 0 Å². The van der Waals surface area contributed by atoms with Gasteiger partial charge in [0.2, 0.25) is 0 Å². The molecule has 0 aromatic heterocycles. The van der Waals surface area contributed by atoms with Crippen molar-refractivity contribution in [2.24, 2.45) is 5.92 Å². The van der Waals surface area contributed by atoms with Gasteiger partial charge in [-0.3, -0.25) is 0 Å². The number of carboxylic acid groups (broad SMARTS) is 1. The molecule has 5 nitrogen and oxygen atoms in total. The van der Waals surface area contributed by atoms with Gasteiger partial charge in [-0.1, -0.05) is 6.92 Å². The fourth-order valence-corrected chi connectivity index (χ4v) is 0.690. The summed E-state index contributed by atoms with van der Waals surface area (Å²) in [7, 11) is 1.60. The molecular weight excluding hydrogens is 188 g/mol. The van der Waals surface area contributed by atoms with Crippen molar-refractivity contribution in [1.29, 1.82) is 0 Å². The van der Waals surface area contributed by atoms with Gasteiger partial charge in [0.25, 0.3) is 0 Å². The molecule has 84 valence electrons. The van der Waals surface area contributed by atoms with Gasteiger partial charge in [0, 0.05) is 19.0 Å². The van der Waals surface area contributed by atoms with Gasteiger partial charge < -0.3 is 24.1 Å². The molecule has 0 N–H and O–H groups in total. The molecule has 0 fully saturated rings. The summed E-state index contributed by atoms with van der Waals surface area (Å²) in [5.41, 5.74) is 0. The smallest absolute Gasteiger partial charge is 0.0701 e. The van der Waals surface area contributed by atoms with E-state index in [2.05, 4.69) is 0 Å². The highest BCUT2D eigenvalue weighted by atomic mass is 16.5. The first-order chi connectivity index (χ1) is 6.68. The van der Waals surface area contributed by atoms with E-state index in [4.69, 9.17) is 14.2 Å². The van der Waals surface area contributed by atoms with Gasteiger partial charge in [0.05, 0.1) is 33.0 Å². The van der Waals surface area contributed by atoms with Crippen molar-refractivity contribution in [2.45, 2.75) is 6.92 Å². The maximum absolute atomic E-state index is 10.3. The third-order valence-electron chi connectivity index (χ3n) is 1.57. The number of rotatable bonds is 9. The minimum Gasteiger partial charge on any atom is -0.550 e. The zero-order valence-electron chi connectivity index (χ0n) is 8.65. The zero-order valence-corrected chi connectivity index (χ0v) is 8.65. The molecule has 0 spiro atoms. The van der Waals surface area contributed by atoms with Gasteiger partial charge in [0.15, 0.2) is 0 Å². The zero-order chi connectivity index (χ0) is 10.8. The molecule has 0 aliphatic carbocycles. The lowest BCUT2D eigenvalue weighted by molar-refractivity contribution is -0.312. The van der Waals surface area contributed by atoms with Crippen LogP contribution in [-0.2, 0) is 19.0 Å². The molecule has 0 radical (unpaired) electrons. The molecule has 0 heterocycles. The fourth-order valence-electron chi connectivity index (χ4n) is 0.690. The normalized spacial score (nSPS) is 12.7. The van der Waals surface area contributed by atoms with Crippen LogP contribution in [0.3, 0.4) is 0 Å². The number of carbonyl (C=O) groups is 1. The quantitative estimate of drug-likeness (QED) is 0.454. The third kappa shape index (κ3) is 7.97. The van der Waals surface area contributed by atoms with Gasteiger partial charge in [-0.15, -0.1) is 0 Å². The molecule has 0 bridgehead atoms. The Kier molecular flexibility index (Phi) is 8.51. The maximum Gasteiger partial charge on any atom is 0.0701 e. The highest BCUT2D eigenvalue weighted by Gasteiger charge is 2.01. The van der Waals surface area contributed by atoms with E-state index in [1.54, 1.807) is 14.0 Å². The second kappa shape index (κ2) is 8.93. The highest BCUT2D eigenvalue weighted by Crippen LogP contribution is 1.93. The Hall–Kier alpha value is -0.650. The van der Waals surface area contributed by atoms with Gasteiger partial charge in [-0.25, -0.2) is 0 Å². The second-order valence-electron chi connectivity index (χ2n) is 2.90. The molecule has 0 saturated carbocycles. The van der Waals surface area contributed by atoms with Gasteiger partial charge in [0.1, 0.15) is 0 Å². The number of carbonyl (C=O) groups excluding carboxylic acids is 1. The van der Waals surface area contributed by atoms with E-state index in [-0.39, 0.29) is 6.61 Å². The summed E-state index contributed by atoms with van der Waals surface area (Å²) < 4.78 is 14.9. The molecule has 0 amide bonds.